The molecule has 0 aliphatic carbocycles. The van der Waals surface area contributed by atoms with Gasteiger partial charge in [-0.3, -0.25) is 14.5 Å². The van der Waals surface area contributed by atoms with Crippen LogP contribution in [-0.4, -0.2) is 86.1 Å². The molecule has 3 heterocycles. The number of aromatic nitrogens is 2. The summed E-state index contributed by atoms with van der Waals surface area (Å²) < 4.78 is 28.2. The Bertz CT molecular complexity index is 969. The summed E-state index contributed by atoms with van der Waals surface area (Å²) in [6.07, 6.45) is 3.48. The van der Waals surface area contributed by atoms with Crippen LogP contribution in [0.15, 0.2) is 39.1 Å². The van der Waals surface area contributed by atoms with Crippen LogP contribution in [0.3, 0.4) is 0 Å². The molecule has 0 unspecified atom stereocenters. The second kappa shape index (κ2) is 8.93. The lowest BCUT2D eigenvalue weighted by Crippen LogP contribution is -2.56. The molecule has 2 aromatic rings. The largest absolute Gasteiger partial charge is 0.355 e. The number of hydrogen-bond donors (Lipinski definition) is 1. The molecular weight excluding hydrogens is 414 g/mol. The average Bonchev–Trinajstić information content (AvgIpc) is 3.37. The van der Waals surface area contributed by atoms with E-state index in [-0.39, 0.29) is 19.0 Å². The average molecular weight is 440 g/mol. The number of aliphatic imine (C=N–C) groups is 1. The molecule has 29 heavy (non-hydrogen) atoms. The minimum Gasteiger partial charge on any atom is -0.355 e. The second-order valence-electron chi connectivity index (χ2n) is 6.57. The first-order chi connectivity index (χ1) is 13.8. The lowest BCUT2D eigenvalue weighted by Gasteiger charge is -2.35. The topological polar surface area (TPSA) is 103 Å². The van der Waals surface area contributed by atoms with Crippen molar-refractivity contribution in [2.45, 2.75) is 4.21 Å². The third-order valence-corrected chi connectivity index (χ3v) is 7.83. The summed E-state index contributed by atoms with van der Waals surface area (Å²) >= 11 is 1.20. The van der Waals surface area contributed by atoms with E-state index >= 15 is 0 Å². The molecule has 1 fully saturated rings. The molecule has 0 bridgehead atoms. The van der Waals surface area contributed by atoms with Gasteiger partial charge in [0.15, 0.2) is 5.96 Å². The number of amides is 1. The fraction of sp³-hybridized carbons (Fsp3) is 0.471. The summed E-state index contributed by atoms with van der Waals surface area (Å²) in [5, 5.41) is 9.00. The van der Waals surface area contributed by atoms with Crippen LogP contribution in [0.25, 0.3) is 0 Å². The molecular formula is C17H25N7O3S2. The third kappa shape index (κ3) is 4.77. The number of carbonyl (C=O) groups excluding carboxylic acids is 1. The van der Waals surface area contributed by atoms with Crippen molar-refractivity contribution in [1.82, 2.24) is 24.3 Å². The maximum atomic E-state index is 12.6. The molecule has 2 aromatic heterocycles. The van der Waals surface area contributed by atoms with Crippen LogP contribution in [0, 0.1) is 0 Å². The van der Waals surface area contributed by atoms with Crippen molar-refractivity contribution < 1.29 is 13.2 Å². The Morgan fingerprint density at radius 2 is 2.21 bits per heavy atom. The molecule has 1 aliphatic heterocycles. The number of nitrogens with zero attached hydrogens (tertiary/aromatic N) is 6. The highest BCUT2D eigenvalue weighted by Gasteiger charge is 2.28. The van der Waals surface area contributed by atoms with Gasteiger partial charge in [-0.15, -0.1) is 11.3 Å². The molecule has 12 heteroatoms. The highest BCUT2D eigenvalue weighted by molar-refractivity contribution is 7.91. The smallest absolute Gasteiger partial charge is 0.252 e. The Morgan fingerprint density at radius 3 is 2.79 bits per heavy atom. The first-order valence-corrected chi connectivity index (χ1v) is 11.4. The van der Waals surface area contributed by atoms with E-state index in [1.165, 1.54) is 15.6 Å². The summed E-state index contributed by atoms with van der Waals surface area (Å²) in [5.41, 5.74) is 0.778. The number of piperazine rings is 1. The van der Waals surface area contributed by atoms with Crippen molar-refractivity contribution >= 4 is 38.9 Å². The lowest BCUT2D eigenvalue weighted by molar-refractivity contribution is -0.120. The summed E-state index contributed by atoms with van der Waals surface area (Å²) in [6.45, 7) is 1.99. The number of sulfonamides is 1. The Morgan fingerprint density at radius 1 is 1.41 bits per heavy atom. The van der Waals surface area contributed by atoms with Crippen molar-refractivity contribution in [1.29, 1.82) is 0 Å². The van der Waals surface area contributed by atoms with Crippen molar-refractivity contribution in [3.05, 3.63) is 29.9 Å². The van der Waals surface area contributed by atoms with Gasteiger partial charge in [-0.05, 0) is 11.4 Å². The Hall–Kier alpha value is -2.44. The van der Waals surface area contributed by atoms with E-state index in [0.717, 1.165) is 5.69 Å². The maximum absolute atomic E-state index is 12.6. The van der Waals surface area contributed by atoms with Crippen LogP contribution in [0.5, 0.6) is 0 Å². The van der Waals surface area contributed by atoms with Crippen LogP contribution < -0.4 is 10.2 Å². The fourth-order valence-corrected chi connectivity index (χ4v) is 5.39. The molecule has 1 amide bonds. The van der Waals surface area contributed by atoms with Gasteiger partial charge in [-0.25, -0.2) is 8.42 Å². The van der Waals surface area contributed by atoms with Gasteiger partial charge < -0.3 is 15.1 Å². The van der Waals surface area contributed by atoms with Gasteiger partial charge in [0, 0.05) is 53.5 Å². The number of anilines is 1. The van der Waals surface area contributed by atoms with Gasteiger partial charge in [-0.2, -0.15) is 9.40 Å². The summed E-state index contributed by atoms with van der Waals surface area (Å²) in [5.74, 6) is 0.538. The van der Waals surface area contributed by atoms with E-state index in [9.17, 15) is 13.2 Å². The monoisotopic (exact) mass is 439 g/mol. The van der Waals surface area contributed by atoms with Crippen LogP contribution in [0.1, 0.15) is 0 Å². The summed E-state index contributed by atoms with van der Waals surface area (Å²) in [7, 11) is 1.53. The summed E-state index contributed by atoms with van der Waals surface area (Å²) in [6, 6.07) is 3.31. The second-order valence-corrected chi connectivity index (χ2v) is 9.79. The van der Waals surface area contributed by atoms with E-state index in [0.29, 0.717) is 29.8 Å². The number of thiophene rings is 1. The maximum Gasteiger partial charge on any atom is 0.252 e. The van der Waals surface area contributed by atoms with Crippen LogP contribution >= 0.6 is 11.3 Å². The highest BCUT2D eigenvalue weighted by atomic mass is 32.2. The molecule has 0 aromatic carbocycles. The zero-order valence-electron chi connectivity index (χ0n) is 16.6. The number of hydrogen-bond acceptors (Lipinski definition) is 6. The van der Waals surface area contributed by atoms with Crippen molar-refractivity contribution in [3.63, 3.8) is 0 Å². The SMILES string of the molecule is CN=C(NCCN(C)S(=O)(=O)c1cccs1)N1CCN(c2cnn(C)c2)C(=O)C1. The van der Waals surface area contributed by atoms with Gasteiger partial charge in [0.2, 0.25) is 5.91 Å². The van der Waals surface area contributed by atoms with E-state index < -0.39 is 10.0 Å². The highest BCUT2D eigenvalue weighted by Crippen LogP contribution is 2.19. The van der Waals surface area contributed by atoms with Gasteiger partial charge in [0.25, 0.3) is 10.0 Å². The van der Waals surface area contributed by atoms with Gasteiger partial charge >= 0.3 is 0 Å². The zero-order chi connectivity index (χ0) is 21.0. The summed E-state index contributed by atoms with van der Waals surface area (Å²) in [4.78, 5) is 20.4. The van der Waals surface area contributed by atoms with Crippen LogP contribution in [0.4, 0.5) is 5.69 Å². The molecule has 0 atom stereocenters. The van der Waals surface area contributed by atoms with Gasteiger partial charge in [0.1, 0.15) is 10.8 Å². The normalized spacial score (nSPS) is 16.0. The van der Waals surface area contributed by atoms with Gasteiger partial charge in [0.05, 0.1) is 11.9 Å². The molecule has 0 saturated carbocycles. The standard InChI is InChI=1S/C17H25N7O3S2/c1-18-17(19-6-7-22(3)29(26,27)16-5-4-10-28-16)23-8-9-24(15(25)13-23)14-11-20-21(2)12-14/h4-5,10-12H,6-9,13H2,1-3H3,(H,18,19). The molecule has 1 saturated heterocycles. The minimum atomic E-state index is -3.48. The third-order valence-electron chi connectivity index (χ3n) is 4.60. The van der Waals surface area contributed by atoms with Crippen molar-refractivity contribution in [2.24, 2.45) is 12.0 Å². The van der Waals surface area contributed by atoms with E-state index in [2.05, 4.69) is 15.4 Å². The van der Waals surface area contributed by atoms with E-state index in [4.69, 9.17) is 0 Å². The lowest BCUT2D eigenvalue weighted by atomic mass is 10.3. The molecule has 10 nitrogen and oxygen atoms in total. The Labute approximate surface area is 174 Å². The molecule has 0 radical (unpaired) electrons. The molecule has 0 spiro atoms. The van der Waals surface area contributed by atoms with Crippen LogP contribution in [-0.2, 0) is 21.9 Å². The first kappa shape index (κ1) is 21.3. The Kier molecular flexibility index (Phi) is 6.55. The minimum absolute atomic E-state index is 0.0374. The zero-order valence-corrected chi connectivity index (χ0v) is 18.3. The number of aryl methyl sites for hydroxylation is 1. The van der Waals surface area contributed by atoms with E-state index in [1.54, 1.807) is 47.4 Å². The Balaban J connectivity index is 1.53. The van der Waals surface area contributed by atoms with Crippen molar-refractivity contribution in [2.75, 3.05) is 51.7 Å². The number of likely N-dealkylation sites (N-methyl/N-ethyl adjacent to an activating group) is 1. The fourth-order valence-electron chi connectivity index (χ4n) is 3.02. The molecule has 3 rings (SSSR count). The predicted molar refractivity (Wildman–Crippen MR) is 113 cm³/mol. The van der Waals surface area contributed by atoms with Crippen molar-refractivity contribution in [3.8, 4) is 0 Å². The number of guanidine groups is 1. The first-order valence-electron chi connectivity index (χ1n) is 9.07. The quantitative estimate of drug-likeness (QED) is 0.503. The number of carbonyl (C=O) groups is 1. The number of rotatable bonds is 6. The number of nitrogens with one attached hydrogen (secondary N) is 1. The van der Waals surface area contributed by atoms with E-state index in [1.807, 2.05) is 18.1 Å². The molecule has 1 aliphatic rings. The molecule has 158 valence electrons. The molecule has 1 N–H and O–H groups in total. The van der Waals surface area contributed by atoms with Gasteiger partial charge in [-0.1, -0.05) is 6.07 Å². The van der Waals surface area contributed by atoms with Crippen LogP contribution in [0.2, 0.25) is 0 Å². The predicted octanol–water partition coefficient (Wildman–Crippen LogP) is 0.0263.